The third-order valence-electron chi connectivity index (χ3n) is 1.18. The molecule has 0 radical (unpaired) electrons. The van der Waals surface area contributed by atoms with E-state index in [0.29, 0.717) is 5.76 Å². The highest BCUT2D eigenvalue weighted by atomic mass is 16.7. The zero-order chi connectivity index (χ0) is 9.19. The summed E-state index contributed by atoms with van der Waals surface area (Å²) in [6.45, 7) is 3.44. The number of rotatable bonds is 2. The SMILES string of the molecule is CC1(C)OC=C(/C=C/[N+](=O)[O-])O1. The van der Waals surface area contributed by atoms with Crippen LogP contribution in [0.1, 0.15) is 13.8 Å². The number of allylic oxidation sites excluding steroid dienone is 1. The second-order valence-electron chi connectivity index (χ2n) is 2.74. The predicted molar refractivity (Wildman–Crippen MR) is 40.5 cm³/mol. The molecule has 0 saturated heterocycles. The predicted octanol–water partition coefficient (Wildman–Crippen LogP) is 1.40. The van der Waals surface area contributed by atoms with E-state index in [1.165, 1.54) is 12.3 Å². The summed E-state index contributed by atoms with van der Waals surface area (Å²) < 4.78 is 10.2. The molecule has 0 aromatic heterocycles. The van der Waals surface area contributed by atoms with Gasteiger partial charge in [-0.3, -0.25) is 10.1 Å². The summed E-state index contributed by atoms with van der Waals surface area (Å²) in [6, 6.07) is 0. The third-order valence-corrected chi connectivity index (χ3v) is 1.18. The van der Waals surface area contributed by atoms with Crippen LogP contribution >= 0.6 is 0 Å². The molecule has 0 aliphatic carbocycles. The van der Waals surface area contributed by atoms with Gasteiger partial charge in [0.1, 0.15) is 6.26 Å². The van der Waals surface area contributed by atoms with E-state index in [1.54, 1.807) is 13.8 Å². The van der Waals surface area contributed by atoms with Crippen LogP contribution in [-0.2, 0) is 9.47 Å². The lowest BCUT2D eigenvalue weighted by molar-refractivity contribution is -0.402. The molecular weight excluding hydrogens is 162 g/mol. The summed E-state index contributed by atoms with van der Waals surface area (Å²) in [4.78, 5) is 9.35. The minimum atomic E-state index is -0.712. The van der Waals surface area contributed by atoms with Crippen LogP contribution < -0.4 is 0 Å². The molecule has 5 heteroatoms. The van der Waals surface area contributed by atoms with E-state index >= 15 is 0 Å². The fourth-order valence-corrected chi connectivity index (χ4v) is 0.740. The Balaban J connectivity index is 2.53. The molecule has 0 amide bonds. The first kappa shape index (κ1) is 8.58. The molecule has 5 nitrogen and oxygen atoms in total. The zero-order valence-corrected chi connectivity index (χ0v) is 6.81. The molecule has 1 rings (SSSR count). The quantitative estimate of drug-likeness (QED) is 0.465. The Kier molecular flexibility index (Phi) is 2.03. The van der Waals surface area contributed by atoms with Gasteiger partial charge in [-0.1, -0.05) is 0 Å². The second-order valence-corrected chi connectivity index (χ2v) is 2.74. The van der Waals surface area contributed by atoms with Gasteiger partial charge >= 0.3 is 0 Å². The highest BCUT2D eigenvalue weighted by Crippen LogP contribution is 2.24. The van der Waals surface area contributed by atoms with Gasteiger partial charge in [0.15, 0.2) is 5.76 Å². The smallest absolute Gasteiger partial charge is 0.245 e. The highest BCUT2D eigenvalue weighted by molar-refractivity contribution is 5.10. The minimum absolute atomic E-state index is 0.358. The number of hydrogen-bond acceptors (Lipinski definition) is 4. The van der Waals surface area contributed by atoms with Crippen molar-refractivity contribution in [1.29, 1.82) is 0 Å². The average Bonchev–Trinajstić information content (AvgIpc) is 2.26. The molecule has 0 bridgehead atoms. The molecule has 0 aromatic carbocycles. The van der Waals surface area contributed by atoms with E-state index in [0.717, 1.165) is 6.20 Å². The summed E-state index contributed by atoms with van der Waals surface area (Å²) in [5.74, 6) is -0.354. The van der Waals surface area contributed by atoms with Crippen molar-refractivity contribution in [2.45, 2.75) is 19.6 Å². The van der Waals surface area contributed by atoms with E-state index in [1.807, 2.05) is 0 Å². The molecule has 66 valence electrons. The number of hydrogen-bond donors (Lipinski definition) is 0. The summed E-state index contributed by atoms with van der Waals surface area (Å²) in [6.07, 6.45) is 3.39. The van der Waals surface area contributed by atoms with Crippen LogP contribution in [0, 0.1) is 10.1 Å². The largest absolute Gasteiger partial charge is 0.457 e. The van der Waals surface area contributed by atoms with Gasteiger partial charge < -0.3 is 9.47 Å². The van der Waals surface area contributed by atoms with E-state index in [-0.39, 0.29) is 0 Å². The van der Waals surface area contributed by atoms with Crippen molar-refractivity contribution in [2.75, 3.05) is 0 Å². The molecule has 1 aliphatic rings. The molecule has 0 saturated carbocycles. The molecule has 0 N–H and O–H groups in total. The van der Waals surface area contributed by atoms with Crippen molar-refractivity contribution in [3.63, 3.8) is 0 Å². The Morgan fingerprint density at radius 2 is 2.33 bits per heavy atom. The van der Waals surface area contributed by atoms with Crippen LogP contribution in [-0.4, -0.2) is 10.7 Å². The first-order valence-corrected chi connectivity index (χ1v) is 3.38. The van der Waals surface area contributed by atoms with Crippen LogP contribution in [0.3, 0.4) is 0 Å². The lowest BCUT2D eigenvalue weighted by Gasteiger charge is -2.16. The molecule has 0 atom stereocenters. The third kappa shape index (κ3) is 2.26. The van der Waals surface area contributed by atoms with Crippen molar-refractivity contribution in [2.24, 2.45) is 0 Å². The van der Waals surface area contributed by atoms with Crippen molar-refractivity contribution in [3.05, 3.63) is 34.4 Å². The second kappa shape index (κ2) is 2.84. The first-order valence-electron chi connectivity index (χ1n) is 3.38. The number of nitro groups is 1. The average molecular weight is 171 g/mol. The highest BCUT2D eigenvalue weighted by Gasteiger charge is 2.26. The van der Waals surface area contributed by atoms with Gasteiger partial charge in [0.2, 0.25) is 12.0 Å². The van der Waals surface area contributed by atoms with Gasteiger partial charge in [-0.25, -0.2) is 0 Å². The van der Waals surface area contributed by atoms with Crippen LogP contribution in [0.5, 0.6) is 0 Å². The van der Waals surface area contributed by atoms with Gasteiger partial charge in [-0.05, 0) is 0 Å². The molecule has 12 heavy (non-hydrogen) atoms. The van der Waals surface area contributed by atoms with Gasteiger partial charge in [0.25, 0.3) is 0 Å². The normalized spacial score (nSPS) is 20.0. The molecular formula is C7H9NO4. The van der Waals surface area contributed by atoms with Crippen molar-refractivity contribution in [1.82, 2.24) is 0 Å². The van der Waals surface area contributed by atoms with E-state index in [4.69, 9.17) is 9.47 Å². The summed E-state index contributed by atoms with van der Waals surface area (Å²) >= 11 is 0. The van der Waals surface area contributed by atoms with Gasteiger partial charge in [0, 0.05) is 13.8 Å². The van der Waals surface area contributed by atoms with Crippen LogP contribution in [0.15, 0.2) is 24.3 Å². The van der Waals surface area contributed by atoms with Crippen LogP contribution in [0.25, 0.3) is 0 Å². The van der Waals surface area contributed by atoms with E-state index in [2.05, 4.69) is 0 Å². The number of ether oxygens (including phenoxy) is 2. The summed E-state index contributed by atoms with van der Waals surface area (Å²) in [7, 11) is 0. The van der Waals surface area contributed by atoms with E-state index in [9.17, 15) is 10.1 Å². The summed E-state index contributed by atoms with van der Waals surface area (Å²) in [5.41, 5.74) is 0. The summed E-state index contributed by atoms with van der Waals surface area (Å²) in [5, 5.41) is 9.91. The van der Waals surface area contributed by atoms with Crippen molar-refractivity contribution in [3.8, 4) is 0 Å². The lowest BCUT2D eigenvalue weighted by atomic mass is 10.4. The maximum atomic E-state index is 9.91. The molecule has 0 aromatic rings. The maximum Gasteiger partial charge on any atom is 0.245 e. The van der Waals surface area contributed by atoms with Gasteiger partial charge in [-0.2, -0.15) is 0 Å². The molecule has 0 spiro atoms. The Labute approximate surface area is 69.4 Å². The molecule has 0 fully saturated rings. The Hall–Kier alpha value is -1.52. The van der Waals surface area contributed by atoms with Gasteiger partial charge in [0.05, 0.1) is 11.0 Å². The standard InChI is InChI=1S/C7H9NO4/c1-7(2)11-5-6(12-7)3-4-8(9)10/h3-5H,1-2H3/b4-3+. The number of nitrogens with zero attached hydrogens (tertiary/aromatic N) is 1. The fraction of sp³-hybridized carbons (Fsp3) is 0.429. The minimum Gasteiger partial charge on any atom is -0.457 e. The molecule has 1 aliphatic heterocycles. The van der Waals surface area contributed by atoms with Crippen molar-refractivity contribution >= 4 is 0 Å². The molecule has 0 unspecified atom stereocenters. The maximum absolute atomic E-state index is 9.91. The molecule has 1 heterocycles. The Bertz CT molecular complexity index is 254. The zero-order valence-electron chi connectivity index (χ0n) is 6.81. The van der Waals surface area contributed by atoms with E-state index < -0.39 is 10.7 Å². The Morgan fingerprint density at radius 1 is 1.67 bits per heavy atom. The first-order chi connectivity index (χ1) is 5.49. The lowest BCUT2D eigenvalue weighted by Crippen LogP contribution is -2.19. The monoisotopic (exact) mass is 171 g/mol. The fourth-order valence-electron chi connectivity index (χ4n) is 0.740. The van der Waals surface area contributed by atoms with Crippen LogP contribution in [0.2, 0.25) is 0 Å². The van der Waals surface area contributed by atoms with Crippen LogP contribution in [0.4, 0.5) is 0 Å². The Morgan fingerprint density at radius 3 is 2.75 bits per heavy atom. The topological polar surface area (TPSA) is 61.6 Å². The van der Waals surface area contributed by atoms with Crippen molar-refractivity contribution < 1.29 is 14.4 Å². The van der Waals surface area contributed by atoms with Gasteiger partial charge in [-0.15, -0.1) is 0 Å².